The normalized spacial score (nSPS) is 10.8. The van der Waals surface area contributed by atoms with Crippen molar-refractivity contribution in [3.63, 3.8) is 0 Å². The summed E-state index contributed by atoms with van der Waals surface area (Å²) >= 11 is 1.20. The van der Waals surface area contributed by atoms with Crippen LogP contribution in [0.5, 0.6) is 0 Å². The number of aromatic nitrogens is 1. The summed E-state index contributed by atoms with van der Waals surface area (Å²) in [5, 5.41) is 0.680. The van der Waals surface area contributed by atoms with Gasteiger partial charge in [-0.2, -0.15) is 0 Å². The molecule has 0 atom stereocenters. The molecule has 0 bridgehead atoms. The monoisotopic (exact) mass is 252 g/mol. The fraction of sp³-hybridized carbons (Fsp3) is 0.0833. The maximum atomic E-state index is 12.8. The Morgan fingerprint density at radius 1 is 1.18 bits per heavy atom. The molecule has 2 aromatic rings. The molecule has 0 aliphatic carbocycles. The molecule has 2 nitrogen and oxygen atoms in total. The molecule has 1 aromatic carbocycles. The Balaban J connectivity index is 2.33. The van der Waals surface area contributed by atoms with Gasteiger partial charge in [-0.15, -0.1) is 0 Å². The van der Waals surface area contributed by atoms with Crippen molar-refractivity contribution >= 4 is 17.4 Å². The third-order valence-electron chi connectivity index (χ3n) is 2.12. The summed E-state index contributed by atoms with van der Waals surface area (Å²) in [6.07, 6.45) is -0.911. The summed E-state index contributed by atoms with van der Waals surface area (Å²) in [4.78, 5) is 4.56. The van der Waals surface area contributed by atoms with Gasteiger partial charge < -0.3 is 5.73 Å². The number of alkyl halides is 2. The molecule has 0 fully saturated rings. The quantitative estimate of drug-likeness (QED) is 0.845. The number of nitrogens with two attached hydrogens (primary N) is 1. The molecule has 0 radical (unpaired) electrons. The smallest absolute Gasteiger partial charge is 0.265 e. The van der Waals surface area contributed by atoms with Crippen LogP contribution in [0.3, 0.4) is 0 Å². The van der Waals surface area contributed by atoms with E-state index in [1.54, 1.807) is 30.5 Å². The van der Waals surface area contributed by atoms with Crippen LogP contribution in [0.2, 0.25) is 0 Å². The molecule has 0 spiro atoms. The van der Waals surface area contributed by atoms with E-state index in [2.05, 4.69) is 4.98 Å². The van der Waals surface area contributed by atoms with E-state index in [-0.39, 0.29) is 5.56 Å². The minimum absolute atomic E-state index is 0.0550. The van der Waals surface area contributed by atoms with Crippen LogP contribution in [-0.4, -0.2) is 4.98 Å². The Hall–Kier alpha value is -1.62. The highest BCUT2D eigenvalue weighted by atomic mass is 32.2. The van der Waals surface area contributed by atoms with Gasteiger partial charge in [-0.1, -0.05) is 17.8 Å². The Labute approximate surface area is 102 Å². The molecule has 0 saturated heterocycles. The fourth-order valence-electron chi connectivity index (χ4n) is 1.35. The molecule has 5 heteroatoms. The van der Waals surface area contributed by atoms with E-state index >= 15 is 0 Å². The van der Waals surface area contributed by atoms with Gasteiger partial charge in [-0.25, -0.2) is 13.8 Å². The summed E-state index contributed by atoms with van der Waals surface area (Å²) in [5.41, 5.74) is 5.78. The summed E-state index contributed by atoms with van der Waals surface area (Å²) in [5.74, 6) is 0. The van der Waals surface area contributed by atoms with Crippen LogP contribution in [-0.2, 0) is 0 Å². The SMILES string of the molecule is Nc1ccc(Sc2ccccn2)c(C(F)F)c1. The fourth-order valence-corrected chi connectivity index (χ4v) is 2.24. The standard InChI is InChI=1S/C12H10F2N2S/c13-12(14)9-7-8(15)4-5-10(9)17-11-3-1-2-6-16-11/h1-7,12H,15H2. The zero-order chi connectivity index (χ0) is 12.3. The van der Waals surface area contributed by atoms with E-state index in [0.29, 0.717) is 15.6 Å². The van der Waals surface area contributed by atoms with Gasteiger partial charge in [0.25, 0.3) is 6.43 Å². The summed E-state index contributed by atoms with van der Waals surface area (Å²) in [7, 11) is 0. The highest BCUT2D eigenvalue weighted by Crippen LogP contribution is 2.35. The number of rotatable bonds is 3. The highest BCUT2D eigenvalue weighted by molar-refractivity contribution is 7.99. The predicted octanol–water partition coefficient (Wildman–Crippen LogP) is 3.75. The van der Waals surface area contributed by atoms with Crippen LogP contribution in [0.1, 0.15) is 12.0 Å². The van der Waals surface area contributed by atoms with Gasteiger partial charge in [0.1, 0.15) is 5.03 Å². The molecular formula is C12H10F2N2S. The molecular weight excluding hydrogens is 242 g/mol. The molecule has 2 N–H and O–H groups in total. The zero-order valence-electron chi connectivity index (χ0n) is 8.81. The van der Waals surface area contributed by atoms with E-state index < -0.39 is 6.43 Å². The molecule has 0 amide bonds. The van der Waals surface area contributed by atoms with E-state index in [1.165, 1.54) is 17.8 Å². The number of nitrogens with zero attached hydrogens (tertiary/aromatic N) is 1. The third kappa shape index (κ3) is 2.94. The molecule has 0 aliphatic heterocycles. The molecule has 2 rings (SSSR count). The van der Waals surface area contributed by atoms with Crippen molar-refractivity contribution in [2.45, 2.75) is 16.3 Å². The van der Waals surface area contributed by atoms with Crippen LogP contribution in [0, 0.1) is 0 Å². The lowest BCUT2D eigenvalue weighted by molar-refractivity contribution is 0.148. The number of nitrogen functional groups attached to an aromatic ring is 1. The van der Waals surface area contributed by atoms with E-state index in [0.717, 1.165) is 0 Å². The minimum atomic E-state index is -2.54. The number of halogens is 2. The summed E-state index contributed by atoms with van der Waals surface area (Å²) in [6.45, 7) is 0. The number of anilines is 1. The van der Waals surface area contributed by atoms with Gasteiger partial charge in [0.2, 0.25) is 0 Å². The topological polar surface area (TPSA) is 38.9 Å². The average Bonchev–Trinajstić information content (AvgIpc) is 2.32. The first-order chi connectivity index (χ1) is 8.16. The average molecular weight is 252 g/mol. The van der Waals surface area contributed by atoms with Crippen molar-refractivity contribution in [1.29, 1.82) is 0 Å². The van der Waals surface area contributed by atoms with Crippen molar-refractivity contribution < 1.29 is 8.78 Å². The van der Waals surface area contributed by atoms with Gasteiger partial charge in [-0.3, -0.25) is 0 Å². The second-order valence-electron chi connectivity index (χ2n) is 3.37. The highest BCUT2D eigenvalue weighted by Gasteiger charge is 2.14. The van der Waals surface area contributed by atoms with E-state index in [1.807, 2.05) is 6.07 Å². The van der Waals surface area contributed by atoms with Crippen molar-refractivity contribution in [3.8, 4) is 0 Å². The Bertz CT molecular complexity index is 503. The van der Waals surface area contributed by atoms with E-state index in [4.69, 9.17) is 5.73 Å². The molecule has 0 unspecified atom stereocenters. The molecule has 1 heterocycles. The van der Waals surface area contributed by atoms with Crippen LogP contribution >= 0.6 is 11.8 Å². The number of hydrogen-bond acceptors (Lipinski definition) is 3. The first-order valence-corrected chi connectivity index (χ1v) is 5.75. The largest absolute Gasteiger partial charge is 0.399 e. The number of hydrogen-bond donors (Lipinski definition) is 1. The molecule has 0 aliphatic rings. The predicted molar refractivity (Wildman–Crippen MR) is 64.2 cm³/mol. The Kier molecular flexibility index (Phi) is 3.58. The lowest BCUT2D eigenvalue weighted by atomic mass is 10.2. The van der Waals surface area contributed by atoms with Gasteiger partial charge in [0.15, 0.2) is 0 Å². The maximum Gasteiger partial charge on any atom is 0.265 e. The van der Waals surface area contributed by atoms with Crippen LogP contribution in [0.15, 0.2) is 52.5 Å². The van der Waals surface area contributed by atoms with Gasteiger partial charge >= 0.3 is 0 Å². The maximum absolute atomic E-state index is 12.8. The minimum Gasteiger partial charge on any atom is -0.399 e. The molecule has 17 heavy (non-hydrogen) atoms. The van der Waals surface area contributed by atoms with Gasteiger partial charge in [-0.05, 0) is 30.3 Å². The summed E-state index contributed by atoms with van der Waals surface area (Å²) < 4.78 is 25.6. The van der Waals surface area contributed by atoms with Crippen molar-refractivity contribution in [3.05, 3.63) is 48.2 Å². The van der Waals surface area contributed by atoms with Gasteiger partial charge in [0.05, 0.1) is 0 Å². The second-order valence-corrected chi connectivity index (χ2v) is 4.43. The van der Waals surface area contributed by atoms with Crippen LogP contribution in [0.25, 0.3) is 0 Å². The third-order valence-corrected chi connectivity index (χ3v) is 3.16. The van der Waals surface area contributed by atoms with Crippen LogP contribution in [0.4, 0.5) is 14.5 Å². The lowest BCUT2D eigenvalue weighted by Crippen LogP contribution is -1.93. The first kappa shape index (κ1) is 11.9. The number of benzene rings is 1. The zero-order valence-corrected chi connectivity index (χ0v) is 9.62. The molecule has 0 saturated carbocycles. The Morgan fingerprint density at radius 3 is 2.65 bits per heavy atom. The molecule has 88 valence electrons. The number of pyridine rings is 1. The summed E-state index contributed by atoms with van der Waals surface area (Å²) in [6, 6.07) is 9.87. The van der Waals surface area contributed by atoms with Crippen LogP contribution < -0.4 is 5.73 Å². The first-order valence-electron chi connectivity index (χ1n) is 4.93. The van der Waals surface area contributed by atoms with Crippen molar-refractivity contribution in [2.75, 3.05) is 5.73 Å². The van der Waals surface area contributed by atoms with E-state index in [9.17, 15) is 8.78 Å². The Morgan fingerprint density at radius 2 is 2.00 bits per heavy atom. The second kappa shape index (κ2) is 5.14. The van der Waals surface area contributed by atoms with Gasteiger partial charge in [0, 0.05) is 22.3 Å². The van der Waals surface area contributed by atoms with Crippen molar-refractivity contribution in [2.24, 2.45) is 0 Å². The molecule has 1 aromatic heterocycles. The lowest BCUT2D eigenvalue weighted by Gasteiger charge is -2.08. The van der Waals surface area contributed by atoms with Crippen molar-refractivity contribution in [1.82, 2.24) is 4.98 Å².